The smallest absolute Gasteiger partial charge is 0.305 e. The van der Waals surface area contributed by atoms with Gasteiger partial charge in [-0.25, -0.2) is 9.97 Å². The zero-order valence-corrected chi connectivity index (χ0v) is 10.7. The van der Waals surface area contributed by atoms with Crippen LogP contribution < -0.4 is 4.90 Å². The number of hydrogen-bond donors (Lipinski definition) is 1. The van der Waals surface area contributed by atoms with Crippen LogP contribution in [0.15, 0.2) is 12.3 Å². The predicted octanol–water partition coefficient (Wildman–Crippen LogP) is 2.05. The van der Waals surface area contributed by atoms with E-state index in [4.69, 9.17) is 5.11 Å². The van der Waals surface area contributed by atoms with Crippen molar-refractivity contribution in [1.82, 2.24) is 9.97 Å². The molecule has 1 aromatic rings. The quantitative estimate of drug-likeness (QED) is 0.865. The van der Waals surface area contributed by atoms with E-state index in [1.54, 1.807) is 11.1 Å². The second-order valence-corrected chi connectivity index (χ2v) is 4.83. The third-order valence-corrected chi connectivity index (χ3v) is 3.44. The van der Waals surface area contributed by atoms with Crippen molar-refractivity contribution in [2.24, 2.45) is 0 Å². The first-order valence-electron chi connectivity index (χ1n) is 6.42. The van der Waals surface area contributed by atoms with Crippen LogP contribution in [0.4, 0.5) is 5.95 Å². The number of rotatable bonds is 5. The lowest BCUT2D eigenvalue weighted by Crippen LogP contribution is -2.23. The van der Waals surface area contributed by atoms with Gasteiger partial charge in [-0.3, -0.25) is 4.79 Å². The molecule has 1 heterocycles. The van der Waals surface area contributed by atoms with E-state index in [1.807, 2.05) is 13.1 Å². The molecule has 1 saturated carbocycles. The molecule has 0 saturated heterocycles. The highest BCUT2D eigenvalue weighted by Gasteiger charge is 2.19. The van der Waals surface area contributed by atoms with E-state index in [9.17, 15) is 4.79 Å². The van der Waals surface area contributed by atoms with Crippen LogP contribution in [0.2, 0.25) is 0 Å². The van der Waals surface area contributed by atoms with E-state index in [0.717, 1.165) is 5.69 Å². The van der Waals surface area contributed by atoms with Gasteiger partial charge < -0.3 is 10.0 Å². The molecule has 0 bridgehead atoms. The summed E-state index contributed by atoms with van der Waals surface area (Å²) in [7, 11) is 1.83. The SMILES string of the molecule is CN(CCC(=O)O)c1nccc(C2CCCC2)n1. The third kappa shape index (κ3) is 3.18. The number of nitrogens with zero attached hydrogens (tertiary/aromatic N) is 3. The highest BCUT2D eigenvalue weighted by atomic mass is 16.4. The molecule has 2 rings (SSSR count). The molecule has 0 amide bonds. The van der Waals surface area contributed by atoms with Gasteiger partial charge in [0.15, 0.2) is 0 Å². The standard InChI is InChI=1S/C13H19N3O2/c1-16(9-7-12(17)18)13-14-8-6-11(15-13)10-4-2-3-5-10/h6,8,10H,2-5,7,9H2,1H3,(H,17,18). The lowest BCUT2D eigenvalue weighted by atomic mass is 10.0. The molecular formula is C13H19N3O2. The highest BCUT2D eigenvalue weighted by Crippen LogP contribution is 2.33. The number of hydrogen-bond acceptors (Lipinski definition) is 4. The molecule has 0 aliphatic heterocycles. The molecule has 0 radical (unpaired) electrons. The van der Waals surface area contributed by atoms with Gasteiger partial charge in [-0.1, -0.05) is 12.8 Å². The minimum absolute atomic E-state index is 0.105. The van der Waals surface area contributed by atoms with Gasteiger partial charge in [-0.15, -0.1) is 0 Å². The van der Waals surface area contributed by atoms with Crippen LogP contribution in [0.3, 0.4) is 0 Å². The highest BCUT2D eigenvalue weighted by molar-refractivity contribution is 5.67. The maximum Gasteiger partial charge on any atom is 0.305 e. The average Bonchev–Trinajstić information content (AvgIpc) is 2.90. The van der Waals surface area contributed by atoms with E-state index >= 15 is 0 Å². The van der Waals surface area contributed by atoms with Gasteiger partial charge in [-0.05, 0) is 18.9 Å². The van der Waals surface area contributed by atoms with Crippen LogP contribution in [-0.4, -0.2) is 34.6 Å². The molecule has 0 spiro atoms. The number of aromatic nitrogens is 2. The molecule has 18 heavy (non-hydrogen) atoms. The fraction of sp³-hybridized carbons (Fsp3) is 0.615. The fourth-order valence-corrected chi connectivity index (χ4v) is 2.36. The molecule has 0 atom stereocenters. The molecule has 0 unspecified atom stereocenters. The number of carbonyl (C=O) groups is 1. The van der Waals surface area contributed by atoms with Crippen molar-refractivity contribution in [3.63, 3.8) is 0 Å². The Balaban J connectivity index is 2.03. The fourth-order valence-electron chi connectivity index (χ4n) is 2.36. The normalized spacial score (nSPS) is 15.8. The first-order valence-corrected chi connectivity index (χ1v) is 6.42. The van der Waals surface area contributed by atoms with E-state index in [-0.39, 0.29) is 6.42 Å². The Bertz CT molecular complexity index is 416. The average molecular weight is 249 g/mol. The van der Waals surface area contributed by atoms with Gasteiger partial charge in [-0.2, -0.15) is 0 Å². The predicted molar refractivity (Wildman–Crippen MR) is 68.8 cm³/mol. The van der Waals surface area contributed by atoms with Crippen molar-refractivity contribution >= 4 is 11.9 Å². The summed E-state index contributed by atoms with van der Waals surface area (Å²) >= 11 is 0. The van der Waals surface area contributed by atoms with Gasteiger partial charge in [0, 0.05) is 31.4 Å². The first-order chi connectivity index (χ1) is 8.66. The maximum atomic E-state index is 10.5. The van der Waals surface area contributed by atoms with Gasteiger partial charge in [0.05, 0.1) is 6.42 Å². The molecular weight excluding hydrogens is 230 g/mol. The molecule has 1 aliphatic rings. The van der Waals surface area contributed by atoms with Crippen LogP contribution >= 0.6 is 0 Å². The Morgan fingerprint density at radius 2 is 2.22 bits per heavy atom. The number of aliphatic carboxylic acids is 1. The summed E-state index contributed by atoms with van der Waals surface area (Å²) in [4.78, 5) is 21.1. The van der Waals surface area contributed by atoms with Gasteiger partial charge in [0.2, 0.25) is 5.95 Å². The van der Waals surface area contributed by atoms with E-state index in [1.165, 1.54) is 25.7 Å². The molecule has 1 N–H and O–H groups in total. The van der Waals surface area contributed by atoms with Crippen LogP contribution in [0.25, 0.3) is 0 Å². The Hall–Kier alpha value is -1.65. The Labute approximate surface area is 107 Å². The van der Waals surface area contributed by atoms with Crippen molar-refractivity contribution in [3.05, 3.63) is 18.0 Å². The van der Waals surface area contributed by atoms with Crippen LogP contribution in [-0.2, 0) is 4.79 Å². The molecule has 1 aromatic heterocycles. The summed E-state index contributed by atoms with van der Waals surface area (Å²) in [5.74, 6) is 0.383. The number of carboxylic acid groups (broad SMARTS) is 1. The largest absolute Gasteiger partial charge is 0.481 e. The molecule has 1 fully saturated rings. The molecule has 5 heteroatoms. The van der Waals surface area contributed by atoms with Gasteiger partial charge in [0.1, 0.15) is 0 Å². The second-order valence-electron chi connectivity index (χ2n) is 4.83. The summed E-state index contributed by atoms with van der Waals surface area (Å²) in [6.07, 6.45) is 6.84. The monoisotopic (exact) mass is 249 g/mol. The Kier molecular flexibility index (Phi) is 4.12. The molecule has 5 nitrogen and oxygen atoms in total. The zero-order chi connectivity index (χ0) is 13.0. The summed E-state index contributed by atoms with van der Waals surface area (Å²) < 4.78 is 0. The lowest BCUT2D eigenvalue weighted by Gasteiger charge is -2.17. The maximum absolute atomic E-state index is 10.5. The minimum atomic E-state index is -0.797. The van der Waals surface area contributed by atoms with E-state index in [0.29, 0.717) is 18.4 Å². The summed E-state index contributed by atoms with van der Waals surface area (Å²) in [6.45, 7) is 0.434. The topological polar surface area (TPSA) is 66.3 Å². The van der Waals surface area contributed by atoms with Crippen molar-refractivity contribution in [2.45, 2.75) is 38.0 Å². The number of carboxylic acids is 1. The van der Waals surface area contributed by atoms with E-state index < -0.39 is 5.97 Å². The molecule has 0 aromatic carbocycles. The van der Waals surface area contributed by atoms with Crippen LogP contribution in [0, 0.1) is 0 Å². The van der Waals surface area contributed by atoms with Gasteiger partial charge in [0.25, 0.3) is 0 Å². The van der Waals surface area contributed by atoms with E-state index in [2.05, 4.69) is 9.97 Å². The summed E-state index contributed by atoms with van der Waals surface area (Å²) in [5.41, 5.74) is 1.10. The Morgan fingerprint density at radius 3 is 2.89 bits per heavy atom. The summed E-state index contributed by atoms with van der Waals surface area (Å²) in [5, 5.41) is 8.67. The third-order valence-electron chi connectivity index (χ3n) is 3.44. The van der Waals surface area contributed by atoms with Crippen LogP contribution in [0.5, 0.6) is 0 Å². The lowest BCUT2D eigenvalue weighted by molar-refractivity contribution is -0.136. The summed E-state index contributed by atoms with van der Waals surface area (Å²) in [6, 6.07) is 1.98. The van der Waals surface area contributed by atoms with Crippen molar-refractivity contribution in [1.29, 1.82) is 0 Å². The second kappa shape index (κ2) is 5.80. The Morgan fingerprint density at radius 1 is 1.50 bits per heavy atom. The zero-order valence-electron chi connectivity index (χ0n) is 10.7. The van der Waals surface area contributed by atoms with Crippen molar-refractivity contribution < 1.29 is 9.90 Å². The van der Waals surface area contributed by atoms with Crippen molar-refractivity contribution in [3.8, 4) is 0 Å². The number of anilines is 1. The molecule has 98 valence electrons. The first kappa shape index (κ1) is 12.8. The molecule has 1 aliphatic carbocycles. The minimum Gasteiger partial charge on any atom is -0.481 e. The van der Waals surface area contributed by atoms with Gasteiger partial charge >= 0.3 is 5.97 Å². The van der Waals surface area contributed by atoms with Crippen molar-refractivity contribution in [2.75, 3.05) is 18.5 Å². The van der Waals surface area contributed by atoms with Crippen LogP contribution in [0.1, 0.15) is 43.7 Å².